The number of aromatic hydroxyl groups is 1. The van der Waals surface area contributed by atoms with Crippen molar-refractivity contribution in [2.45, 2.75) is 45.3 Å². The summed E-state index contributed by atoms with van der Waals surface area (Å²) in [6.45, 7) is 5.67. The van der Waals surface area contributed by atoms with Crippen molar-refractivity contribution < 1.29 is 15.3 Å². The number of hydrogen-bond donors (Lipinski definition) is 3. The molecule has 3 nitrogen and oxygen atoms in total. The Labute approximate surface area is 126 Å². The average Bonchev–Trinajstić information content (AvgIpc) is 2.81. The highest BCUT2D eigenvalue weighted by atomic mass is 16.3. The van der Waals surface area contributed by atoms with E-state index >= 15 is 0 Å². The van der Waals surface area contributed by atoms with Crippen molar-refractivity contribution in [1.82, 2.24) is 0 Å². The molecule has 0 fully saturated rings. The molecule has 0 aliphatic heterocycles. The molecule has 3 rings (SSSR count). The topological polar surface area (TPSA) is 60.7 Å². The molecule has 0 spiro atoms. The van der Waals surface area contributed by atoms with Gasteiger partial charge in [-0.1, -0.05) is 44.2 Å². The molecule has 21 heavy (non-hydrogen) atoms. The molecule has 2 aliphatic rings. The second kappa shape index (κ2) is 5.66. The van der Waals surface area contributed by atoms with Gasteiger partial charge in [0.25, 0.3) is 0 Å². The number of phenols is 1. The van der Waals surface area contributed by atoms with Crippen molar-refractivity contribution in [1.29, 1.82) is 0 Å². The van der Waals surface area contributed by atoms with Crippen LogP contribution in [0.5, 0.6) is 5.75 Å². The molecule has 2 unspecified atom stereocenters. The maximum absolute atomic E-state index is 9.63. The van der Waals surface area contributed by atoms with Gasteiger partial charge in [-0.05, 0) is 48.4 Å². The second-order valence-corrected chi connectivity index (χ2v) is 6.82. The predicted octanol–water partition coefficient (Wildman–Crippen LogP) is 3.05. The van der Waals surface area contributed by atoms with E-state index in [1.807, 2.05) is 26.0 Å². The summed E-state index contributed by atoms with van der Waals surface area (Å²) in [6.07, 6.45) is 8.66. The van der Waals surface area contributed by atoms with E-state index in [0.717, 1.165) is 6.42 Å². The quantitative estimate of drug-likeness (QED) is 0.643. The summed E-state index contributed by atoms with van der Waals surface area (Å²) in [4.78, 5) is 0. The van der Waals surface area contributed by atoms with Crippen LogP contribution in [-0.4, -0.2) is 27.0 Å². The third-order valence-electron chi connectivity index (χ3n) is 4.01. The van der Waals surface area contributed by atoms with Gasteiger partial charge >= 0.3 is 0 Å². The largest absolute Gasteiger partial charge is 0.508 e. The fraction of sp³-hybridized carbons (Fsp3) is 0.444. The van der Waals surface area contributed by atoms with Gasteiger partial charge in [-0.15, -0.1) is 0 Å². The summed E-state index contributed by atoms with van der Waals surface area (Å²) < 4.78 is 0. The van der Waals surface area contributed by atoms with Gasteiger partial charge in [-0.2, -0.15) is 0 Å². The summed E-state index contributed by atoms with van der Waals surface area (Å²) in [5.74, 6) is 0.363. The predicted molar refractivity (Wildman–Crippen MR) is 85.0 cm³/mol. The first kappa shape index (κ1) is 15.8. The summed E-state index contributed by atoms with van der Waals surface area (Å²) in [5.41, 5.74) is 1.50. The Balaban J connectivity index is 0.000000154. The zero-order valence-electron chi connectivity index (χ0n) is 12.9. The molecule has 2 aliphatic carbocycles. The fourth-order valence-corrected chi connectivity index (χ4v) is 2.89. The molecule has 1 aromatic rings. The Morgan fingerprint density at radius 2 is 1.90 bits per heavy atom. The zero-order valence-corrected chi connectivity index (χ0v) is 12.9. The van der Waals surface area contributed by atoms with Crippen LogP contribution in [-0.2, 0) is 6.42 Å². The van der Waals surface area contributed by atoms with E-state index in [1.54, 1.807) is 25.1 Å². The molecule has 3 N–H and O–H groups in total. The zero-order chi connectivity index (χ0) is 15.7. The average molecular weight is 288 g/mol. The van der Waals surface area contributed by atoms with Gasteiger partial charge in [0.2, 0.25) is 0 Å². The molecule has 1 aromatic carbocycles. The lowest BCUT2D eigenvalue weighted by Gasteiger charge is -2.38. The molecule has 0 bridgehead atoms. The van der Waals surface area contributed by atoms with Crippen molar-refractivity contribution in [3.05, 3.63) is 47.6 Å². The number of rotatable bonds is 0. The minimum Gasteiger partial charge on any atom is -0.508 e. The van der Waals surface area contributed by atoms with Crippen LogP contribution < -0.4 is 0 Å². The minimum atomic E-state index is -0.747. The number of benzene rings is 1. The van der Waals surface area contributed by atoms with Crippen LogP contribution in [0.15, 0.2) is 36.4 Å². The lowest BCUT2D eigenvalue weighted by atomic mass is 9.73. The van der Waals surface area contributed by atoms with E-state index < -0.39 is 11.7 Å². The molecule has 0 saturated heterocycles. The Kier molecular flexibility index (Phi) is 4.26. The van der Waals surface area contributed by atoms with Crippen LogP contribution in [0.2, 0.25) is 0 Å². The number of phenolic OH excluding ortho intramolecular Hbond substituents is 1. The van der Waals surface area contributed by atoms with Crippen LogP contribution in [0, 0.1) is 5.41 Å². The monoisotopic (exact) mass is 288 g/mol. The van der Waals surface area contributed by atoms with Gasteiger partial charge in [0, 0.05) is 0 Å². The highest BCUT2D eigenvalue weighted by molar-refractivity contribution is 5.60. The molecule has 0 saturated carbocycles. The van der Waals surface area contributed by atoms with Crippen LogP contribution in [0.4, 0.5) is 0 Å². The molecule has 0 radical (unpaired) electrons. The van der Waals surface area contributed by atoms with Gasteiger partial charge < -0.3 is 15.3 Å². The molecule has 0 heterocycles. The summed E-state index contributed by atoms with van der Waals surface area (Å²) >= 11 is 0. The van der Waals surface area contributed by atoms with Crippen molar-refractivity contribution in [3.8, 4) is 5.75 Å². The maximum atomic E-state index is 9.63. The first-order valence-corrected chi connectivity index (χ1v) is 7.28. The molecule has 2 atom stereocenters. The Hall–Kier alpha value is -1.58. The summed E-state index contributed by atoms with van der Waals surface area (Å²) in [5, 5.41) is 28.2. The third kappa shape index (κ3) is 3.96. The fourth-order valence-electron chi connectivity index (χ4n) is 2.89. The number of hydrogen-bond acceptors (Lipinski definition) is 3. The van der Waals surface area contributed by atoms with Crippen LogP contribution in [0.25, 0.3) is 6.08 Å². The van der Waals surface area contributed by atoms with E-state index in [9.17, 15) is 10.2 Å². The number of allylic oxidation sites excluding steroid dienone is 1. The Bertz CT molecular complexity index is 568. The normalized spacial score (nSPS) is 28.7. The molecule has 0 aromatic heterocycles. The smallest absolute Gasteiger partial charge is 0.115 e. The van der Waals surface area contributed by atoms with E-state index in [0.29, 0.717) is 12.2 Å². The van der Waals surface area contributed by atoms with Gasteiger partial charge in [-0.25, -0.2) is 0 Å². The van der Waals surface area contributed by atoms with E-state index in [1.165, 1.54) is 11.1 Å². The van der Waals surface area contributed by atoms with Gasteiger partial charge in [0.15, 0.2) is 0 Å². The van der Waals surface area contributed by atoms with E-state index in [2.05, 4.69) is 12.2 Å². The lowest BCUT2D eigenvalue weighted by Crippen LogP contribution is -2.40. The highest BCUT2D eigenvalue weighted by Crippen LogP contribution is 2.36. The first-order chi connectivity index (χ1) is 9.70. The molecule has 114 valence electrons. The number of aliphatic hydroxyl groups is 2. The molecule has 3 heteroatoms. The number of aliphatic hydroxyl groups excluding tert-OH is 1. The van der Waals surface area contributed by atoms with Crippen LogP contribution in [0.1, 0.15) is 38.3 Å². The Morgan fingerprint density at radius 3 is 2.52 bits per heavy atom. The van der Waals surface area contributed by atoms with Gasteiger partial charge in [0.05, 0.1) is 11.7 Å². The molecule has 0 amide bonds. The number of fused-ring (bicyclic) bond motifs is 1. The highest BCUT2D eigenvalue weighted by Gasteiger charge is 2.37. The summed E-state index contributed by atoms with van der Waals surface area (Å²) in [7, 11) is 0. The standard InChI is InChI=1S/C9H16O2.C9H8O/c1-8(2)6-9(3,11)5-4-7(8)10;10-9-5-4-7-2-1-3-8(7)6-9/h4-5,7,10-11H,6H2,1-3H3;1-2,4-6,10H,3H2. The van der Waals surface area contributed by atoms with E-state index in [-0.39, 0.29) is 5.41 Å². The second-order valence-electron chi connectivity index (χ2n) is 6.82. The first-order valence-electron chi connectivity index (χ1n) is 7.28. The van der Waals surface area contributed by atoms with Crippen molar-refractivity contribution >= 4 is 6.08 Å². The third-order valence-corrected chi connectivity index (χ3v) is 4.01. The SMILES string of the molecule is CC1(O)C=CC(O)C(C)(C)C1.Oc1ccc2c(c1)CC=C2. The van der Waals surface area contributed by atoms with E-state index in [4.69, 9.17) is 5.11 Å². The maximum Gasteiger partial charge on any atom is 0.115 e. The van der Waals surface area contributed by atoms with Crippen molar-refractivity contribution in [2.75, 3.05) is 0 Å². The van der Waals surface area contributed by atoms with Crippen molar-refractivity contribution in [3.63, 3.8) is 0 Å². The van der Waals surface area contributed by atoms with Gasteiger partial charge in [-0.3, -0.25) is 0 Å². The van der Waals surface area contributed by atoms with Crippen molar-refractivity contribution in [2.24, 2.45) is 5.41 Å². The summed E-state index contributed by atoms with van der Waals surface area (Å²) in [6, 6.07) is 5.47. The molecular formula is C18H24O3. The molecular weight excluding hydrogens is 264 g/mol. The van der Waals surface area contributed by atoms with Gasteiger partial charge in [0.1, 0.15) is 5.75 Å². The van der Waals surface area contributed by atoms with Crippen LogP contribution >= 0.6 is 0 Å². The Morgan fingerprint density at radius 1 is 1.19 bits per heavy atom. The van der Waals surface area contributed by atoms with Crippen LogP contribution in [0.3, 0.4) is 0 Å². The lowest BCUT2D eigenvalue weighted by molar-refractivity contribution is -0.00846. The minimum absolute atomic E-state index is 0.210.